The SMILES string of the molecule is COc1cccc(OC)c1-n1c(NS(=O)(=O)CCN2C(=O)[C@@H](C)C[C@H]2C)nnc1-c1ccco1. The van der Waals surface area contributed by atoms with Crippen LogP contribution in [-0.4, -0.2) is 66.5 Å². The Balaban J connectivity index is 1.71. The number of nitrogens with one attached hydrogen (secondary N) is 1. The molecule has 0 bridgehead atoms. The molecule has 0 spiro atoms. The third kappa shape index (κ3) is 4.45. The van der Waals surface area contributed by atoms with E-state index in [9.17, 15) is 13.2 Å². The maximum absolute atomic E-state index is 13.0. The normalized spacial score (nSPS) is 18.4. The zero-order valence-corrected chi connectivity index (χ0v) is 20.2. The molecule has 1 aliphatic rings. The van der Waals surface area contributed by atoms with Crippen molar-refractivity contribution in [2.24, 2.45) is 5.92 Å². The lowest BCUT2D eigenvalue weighted by molar-refractivity contribution is -0.131. The maximum atomic E-state index is 13.0. The van der Waals surface area contributed by atoms with Gasteiger partial charge in [0.05, 0.1) is 26.2 Å². The van der Waals surface area contributed by atoms with Crippen LogP contribution in [0.3, 0.4) is 0 Å². The molecular weight excluding hydrogens is 462 g/mol. The van der Waals surface area contributed by atoms with Gasteiger partial charge in [-0.2, -0.15) is 0 Å². The summed E-state index contributed by atoms with van der Waals surface area (Å²) >= 11 is 0. The van der Waals surface area contributed by atoms with E-state index in [1.54, 1.807) is 35.2 Å². The first-order valence-electron chi connectivity index (χ1n) is 10.8. The molecule has 1 amide bonds. The number of carbonyl (C=O) groups is 1. The van der Waals surface area contributed by atoms with Gasteiger partial charge in [0, 0.05) is 18.5 Å². The zero-order valence-electron chi connectivity index (χ0n) is 19.4. The second-order valence-corrected chi connectivity index (χ2v) is 9.95. The fraction of sp³-hybridized carbons (Fsp3) is 0.409. The van der Waals surface area contributed by atoms with E-state index in [1.807, 2.05) is 13.8 Å². The van der Waals surface area contributed by atoms with Gasteiger partial charge in [0.15, 0.2) is 5.76 Å². The molecule has 3 aromatic rings. The van der Waals surface area contributed by atoms with Gasteiger partial charge in [0.2, 0.25) is 27.7 Å². The first kappa shape index (κ1) is 23.6. The Bertz CT molecular complexity index is 1250. The number of sulfonamides is 1. The lowest BCUT2D eigenvalue weighted by Gasteiger charge is -2.22. The molecule has 0 radical (unpaired) electrons. The zero-order chi connectivity index (χ0) is 24.5. The van der Waals surface area contributed by atoms with Crippen molar-refractivity contribution >= 4 is 21.9 Å². The molecule has 1 fully saturated rings. The number of likely N-dealkylation sites (tertiary alicyclic amines) is 1. The Morgan fingerprint density at radius 2 is 1.82 bits per heavy atom. The summed E-state index contributed by atoms with van der Waals surface area (Å²) in [5.74, 6) is 0.951. The van der Waals surface area contributed by atoms with Crippen LogP contribution in [0, 0.1) is 5.92 Å². The van der Waals surface area contributed by atoms with Crippen molar-refractivity contribution in [2.75, 3.05) is 31.2 Å². The summed E-state index contributed by atoms with van der Waals surface area (Å²) in [6.45, 7) is 3.85. The number of hydrogen-bond acceptors (Lipinski definition) is 8. The van der Waals surface area contributed by atoms with E-state index < -0.39 is 10.0 Å². The van der Waals surface area contributed by atoms with Crippen LogP contribution in [0.25, 0.3) is 17.3 Å². The van der Waals surface area contributed by atoms with Crippen LogP contribution >= 0.6 is 0 Å². The number of carbonyl (C=O) groups excluding carboxylic acids is 1. The molecule has 1 N–H and O–H groups in total. The molecule has 3 heterocycles. The number of amides is 1. The number of benzene rings is 1. The Kier molecular flexibility index (Phi) is 6.51. The highest BCUT2D eigenvalue weighted by molar-refractivity contribution is 7.92. The lowest BCUT2D eigenvalue weighted by Crippen LogP contribution is -2.37. The molecule has 11 nitrogen and oxygen atoms in total. The van der Waals surface area contributed by atoms with Gasteiger partial charge < -0.3 is 18.8 Å². The monoisotopic (exact) mass is 489 g/mol. The van der Waals surface area contributed by atoms with Crippen molar-refractivity contribution in [3.05, 3.63) is 36.6 Å². The van der Waals surface area contributed by atoms with Gasteiger partial charge in [0.25, 0.3) is 0 Å². The highest BCUT2D eigenvalue weighted by atomic mass is 32.2. The van der Waals surface area contributed by atoms with E-state index in [0.717, 1.165) is 0 Å². The number of anilines is 1. The molecule has 0 aliphatic carbocycles. The Labute approximate surface area is 197 Å². The standard InChI is InChI=1S/C22H27N5O6S/c1-14-13-15(2)26(21(14)28)10-12-34(29,30)25-22-24-23-20(18-9-6-11-33-18)27(22)19-16(31-3)7-5-8-17(19)32-4/h5-9,11,14-15H,10,12-13H2,1-4H3,(H,24,25)/t14-,15+/m0/s1. The second-order valence-electron chi connectivity index (χ2n) is 8.11. The predicted molar refractivity (Wildman–Crippen MR) is 125 cm³/mol. The number of ether oxygens (including phenoxy) is 2. The minimum absolute atomic E-state index is 0.00949. The van der Waals surface area contributed by atoms with Gasteiger partial charge in [-0.05, 0) is 37.6 Å². The minimum Gasteiger partial charge on any atom is -0.494 e. The summed E-state index contributed by atoms with van der Waals surface area (Å²) in [5, 5.41) is 8.24. The minimum atomic E-state index is -3.89. The predicted octanol–water partition coefficient (Wildman–Crippen LogP) is 2.54. The number of para-hydroxylation sites is 1. The van der Waals surface area contributed by atoms with Crippen molar-refractivity contribution in [1.29, 1.82) is 0 Å². The summed E-state index contributed by atoms with van der Waals surface area (Å²) in [7, 11) is -0.902. The number of rotatable bonds is 9. The molecule has 12 heteroatoms. The molecule has 0 unspecified atom stereocenters. The number of hydrogen-bond donors (Lipinski definition) is 1. The first-order valence-corrected chi connectivity index (χ1v) is 12.4. The molecule has 1 aromatic carbocycles. The molecule has 1 aliphatic heterocycles. The highest BCUT2D eigenvalue weighted by Gasteiger charge is 2.35. The van der Waals surface area contributed by atoms with Crippen LogP contribution in [0.1, 0.15) is 20.3 Å². The fourth-order valence-corrected chi connectivity index (χ4v) is 5.11. The Hall–Kier alpha value is -3.54. The van der Waals surface area contributed by atoms with Gasteiger partial charge in [-0.3, -0.25) is 14.1 Å². The summed E-state index contributed by atoms with van der Waals surface area (Å²) in [6, 6.07) is 8.53. The third-order valence-electron chi connectivity index (χ3n) is 5.81. The van der Waals surface area contributed by atoms with E-state index in [4.69, 9.17) is 13.9 Å². The summed E-state index contributed by atoms with van der Waals surface area (Å²) < 4.78 is 46.5. The smallest absolute Gasteiger partial charge is 0.243 e. The first-order chi connectivity index (χ1) is 16.3. The fourth-order valence-electron chi connectivity index (χ4n) is 4.16. The van der Waals surface area contributed by atoms with Crippen LogP contribution in [-0.2, 0) is 14.8 Å². The molecule has 1 saturated heterocycles. The van der Waals surface area contributed by atoms with Crippen LogP contribution in [0.15, 0.2) is 41.0 Å². The summed E-state index contributed by atoms with van der Waals surface area (Å²) in [4.78, 5) is 14.0. The van der Waals surface area contributed by atoms with Crippen molar-refractivity contribution in [3.63, 3.8) is 0 Å². The van der Waals surface area contributed by atoms with Crippen molar-refractivity contribution in [1.82, 2.24) is 19.7 Å². The number of furan rings is 1. The second kappa shape index (κ2) is 9.37. The van der Waals surface area contributed by atoms with Crippen LogP contribution in [0.4, 0.5) is 5.95 Å². The highest BCUT2D eigenvalue weighted by Crippen LogP contribution is 2.37. The van der Waals surface area contributed by atoms with E-state index in [1.165, 1.54) is 25.0 Å². The van der Waals surface area contributed by atoms with E-state index in [-0.39, 0.29) is 41.9 Å². The molecule has 0 saturated carbocycles. The Morgan fingerprint density at radius 3 is 2.38 bits per heavy atom. The summed E-state index contributed by atoms with van der Waals surface area (Å²) in [6.07, 6.45) is 2.19. The van der Waals surface area contributed by atoms with Gasteiger partial charge in [0.1, 0.15) is 17.2 Å². The Morgan fingerprint density at radius 1 is 1.12 bits per heavy atom. The molecule has 34 heavy (non-hydrogen) atoms. The van der Waals surface area contributed by atoms with E-state index in [0.29, 0.717) is 29.4 Å². The molecular formula is C22H27N5O6S. The van der Waals surface area contributed by atoms with Crippen molar-refractivity contribution in [3.8, 4) is 28.8 Å². The van der Waals surface area contributed by atoms with E-state index in [2.05, 4.69) is 14.9 Å². The molecule has 182 valence electrons. The van der Waals surface area contributed by atoms with Gasteiger partial charge in [-0.1, -0.05) is 13.0 Å². The van der Waals surface area contributed by atoms with E-state index >= 15 is 0 Å². The van der Waals surface area contributed by atoms with Gasteiger partial charge >= 0.3 is 0 Å². The average Bonchev–Trinajstić information content (AvgIpc) is 3.52. The lowest BCUT2D eigenvalue weighted by atomic mass is 10.1. The quantitative estimate of drug-likeness (QED) is 0.486. The van der Waals surface area contributed by atoms with Gasteiger partial charge in [-0.15, -0.1) is 10.2 Å². The van der Waals surface area contributed by atoms with Crippen molar-refractivity contribution < 1.29 is 27.1 Å². The molecule has 4 rings (SSSR count). The number of nitrogens with zero attached hydrogens (tertiary/aromatic N) is 4. The average molecular weight is 490 g/mol. The maximum Gasteiger partial charge on any atom is 0.243 e. The van der Waals surface area contributed by atoms with Crippen LogP contribution in [0.5, 0.6) is 11.5 Å². The molecule has 2 atom stereocenters. The third-order valence-corrected chi connectivity index (χ3v) is 7.02. The molecule has 2 aromatic heterocycles. The number of methoxy groups -OCH3 is 2. The summed E-state index contributed by atoms with van der Waals surface area (Å²) in [5.41, 5.74) is 0.402. The number of aromatic nitrogens is 3. The topological polar surface area (TPSA) is 129 Å². The van der Waals surface area contributed by atoms with Crippen LogP contribution in [0.2, 0.25) is 0 Å². The van der Waals surface area contributed by atoms with Gasteiger partial charge in [-0.25, -0.2) is 8.42 Å². The van der Waals surface area contributed by atoms with Crippen molar-refractivity contribution in [2.45, 2.75) is 26.3 Å². The largest absolute Gasteiger partial charge is 0.494 e. The van der Waals surface area contributed by atoms with Crippen LogP contribution < -0.4 is 14.2 Å².